The fourth-order valence-electron chi connectivity index (χ4n) is 2.60. The van der Waals surface area contributed by atoms with Crippen LogP contribution in [0.1, 0.15) is 13.3 Å². The average molecular weight is 413 g/mol. The van der Waals surface area contributed by atoms with Crippen molar-refractivity contribution in [1.82, 2.24) is 0 Å². The Kier molecular flexibility index (Phi) is 6.97. The number of carbonyl (C=O) groups is 1. The van der Waals surface area contributed by atoms with Crippen molar-refractivity contribution in [2.45, 2.75) is 24.3 Å². The molecule has 8 heteroatoms. The number of halogens is 1. The number of hydrogen-bond donors (Lipinski definition) is 1. The van der Waals surface area contributed by atoms with E-state index >= 15 is 0 Å². The van der Waals surface area contributed by atoms with Gasteiger partial charge in [0, 0.05) is 15.6 Å². The van der Waals surface area contributed by atoms with Gasteiger partial charge in [0.05, 0.1) is 11.9 Å². The first-order valence-corrected chi connectivity index (χ1v) is 11.4. The van der Waals surface area contributed by atoms with Crippen LogP contribution in [-0.2, 0) is 14.8 Å². The molecule has 1 amide bonds. The van der Waals surface area contributed by atoms with E-state index in [-0.39, 0.29) is 0 Å². The SMILES string of the molecule is CC[C@@H](C(=O)Nc1cccc(SC)c1)N(c1cccc(Cl)c1)S(C)(=O)=O. The number of thioether (sulfide) groups is 1. The zero-order valence-electron chi connectivity index (χ0n) is 14.8. The molecule has 0 bridgehead atoms. The van der Waals surface area contributed by atoms with E-state index in [0.717, 1.165) is 15.5 Å². The minimum absolute atomic E-state index is 0.313. The number of anilines is 2. The van der Waals surface area contributed by atoms with Crippen molar-refractivity contribution in [2.24, 2.45) is 0 Å². The van der Waals surface area contributed by atoms with Crippen LogP contribution in [-0.4, -0.2) is 32.9 Å². The molecule has 0 aromatic heterocycles. The maximum atomic E-state index is 12.8. The van der Waals surface area contributed by atoms with Gasteiger partial charge in [-0.2, -0.15) is 0 Å². The fourth-order valence-corrected chi connectivity index (χ4v) is 4.45. The molecule has 1 N–H and O–H groups in total. The molecule has 0 fully saturated rings. The largest absolute Gasteiger partial charge is 0.324 e. The van der Waals surface area contributed by atoms with Gasteiger partial charge >= 0.3 is 0 Å². The van der Waals surface area contributed by atoms with Gasteiger partial charge in [-0.05, 0) is 49.1 Å². The molecule has 0 saturated heterocycles. The lowest BCUT2D eigenvalue weighted by Crippen LogP contribution is -2.47. The summed E-state index contributed by atoms with van der Waals surface area (Å²) in [6.45, 7) is 1.77. The Morgan fingerprint density at radius 3 is 2.50 bits per heavy atom. The molecule has 5 nitrogen and oxygen atoms in total. The number of benzene rings is 2. The van der Waals surface area contributed by atoms with E-state index in [1.165, 1.54) is 6.07 Å². The second-order valence-corrected chi connectivity index (χ2v) is 8.86. The highest BCUT2D eigenvalue weighted by Gasteiger charge is 2.31. The molecule has 0 heterocycles. The first-order chi connectivity index (χ1) is 12.3. The van der Waals surface area contributed by atoms with Gasteiger partial charge in [0.2, 0.25) is 15.9 Å². The molecule has 0 radical (unpaired) electrons. The quantitative estimate of drug-likeness (QED) is 0.690. The standard InChI is InChI=1S/C18H21ClN2O3S2/c1-4-17(18(22)20-14-8-6-10-16(12-14)25-2)21(26(3,23)24)15-9-5-7-13(19)11-15/h5-12,17H,4H2,1-3H3,(H,20,22)/t17-/m0/s1. The Hall–Kier alpha value is -1.70. The summed E-state index contributed by atoms with van der Waals surface area (Å²) >= 11 is 7.57. The maximum absolute atomic E-state index is 12.8. The molecule has 26 heavy (non-hydrogen) atoms. The van der Waals surface area contributed by atoms with Crippen molar-refractivity contribution in [3.05, 3.63) is 53.6 Å². The van der Waals surface area contributed by atoms with Crippen LogP contribution in [0.15, 0.2) is 53.4 Å². The molecule has 2 aromatic carbocycles. The van der Waals surface area contributed by atoms with Gasteiger partial charge in [-0.1, -0.05) is 30.7 Å². The number of carbonyl (C=O) groups excluding carboxylic acids is 1. The summed E-state index contributed by atoms with van der Waals surface area (Å²) in [5.41, 5.74) is 0.986. The topological polar surface area (TPSA) is 66.5 Å². The highest BCUT2D eigenvalue weighted by atomic mass is 35.5. The molecular formula is C18H21ClN2O3S2. The van der Waals surface area contributed by atoms with Gasteiger partial charge < -0.3 is 5.32 Å². The number of nitrogens with one attached hydrogen (secondary N) is 1. The van der Waals surface area contributed by atoms with Crippen LogP contribution in [0.2, 0.25) is 5.02 Å². The van der Waals surface area contributed by atoms with E-state index in [1.54, 1.807) is 43.0 Å². The van der Waals surface area contributed by atoms with Gasteiger partial charge in [-0.15, -0.1) is 11.8 Å². The molecule has 1 atom stereocenters. The molecule has 0 spiro atoms. The van der Waals surface area contributed by atoms with Gasteiger partial charge in [0.25, 0.3) is 0 Å². The lowest BCUT2D eigenvalue weighted by Gasteiger charge is -2.30. The number of sulfonamides is 1. The van der Waals surface area contributed by atoms with Crippen molar-refractivity contribution in [3.63, 3.8) is 0 Å². The van der Waals surface area contributed by atoms with Crippen molar-refractivity contribution in [2.75, 3.05) is 22.1 Å². The van der Waals surface area contributed by atoms with Gasteiger partial charge in [-0.3, -0.25) is 9.10 Å². The number of amides is 1. The van der Waals surface area contributed by atoms with E-state index in [4.69, 9.17) is 11.6 Å². The van der Waals surface area contributed by atoms with Crippen molar-refractivity contribution >= 4 is 50.7 Å². The Balaban J connectivity index is 2.36. The average Bonchev–Trinajstić information content (AvgIpc) is 2.58. The minimum atomic E-state index is -3.69. The second kappa shape index (κ2) is 8.79. The van der Waals surface area contributed by atoms with Crippen LogP contribution in [0.3, 0.4) is 0 Å². The lowest BCUT2D eigenvalue weighted by molar-refractivity contribution is -0.117. The van der Waals surface area contributed by atoms with Crippen LogP contribution in [0.4, 0.5) is 11.4 Å². The predicted octanol–water partition coefficient (Wildman–Crippen LogP) is 4.25. The third kappa shape index (κ3) is 5.16. The molecule has 0 unspecified atom stereocenters. The van der Waals surface area contributed by atoms with Gasteiger partial charge in [0.15, 0.2) is 0 Å². The molecule has 0 aliphatic carbocycles. The number of nitrogens with zero attached hydrogens (tertiary/aromatic N) is 1. The van der Waals surface area contributed by atoms with E-state index < -0.39 is 22.0 Å². The van der Waals surface area contributed by atoms with Crippen LogP contribution >= 0.6 is 23.4 Å². The van der Waals surface area contributed by atoms with E-state index in [2.05, 4.69) is 5.32 Å². The molecule has 140 valence electrons. The first-order valence-electron chi connectivity index (χ1n) is 7.96. The molecule has 0 saturated carbocycles. The van der Waals surface area contributed by atoms with Crippen molar-refractivity contribution < 1.29 is 13.2 Å². The first kappa shape index (κ1) is 20.6. The summed E-state index contributed by atoms with van der Waals surface area (Å²) in [5, 5.41) is 3.22. The summed E-state index contributed by atoms with van der Waals surface area (Å²) < 4.78 is 25.9. The molecule has 2 aromatic rings. The highest BCUT2D eigenvalue weighted by Crippen LogP contribution is 2.26. The molecule has 0 aliphatic heterocycles. The summed E-state index contributed by atoms with van der Waals surface area (Å²) in [4.78, 5) is 13.8. The summed E-state index contributed by atoms with van der Waals surface area (Å²) in [5.74, 6) is -0.392. The Morgan fingerprint density at radius 1 is 1.23 bits per heavy atom. The Labute approximate surface area is 163 Å². The van der Waals surface area contributed by atoms with E-state index in [9.17, 15) is 13.2 Å². The molecule has 0 aliphatic rings. The van der Waals surface area contributed by atoms with E-state index in [1.807, 2.05) is 24.5 Å². The Bertz CT molecular complexity index is 888. The predicted molar refractivity (Wildman–Crippen MR) is 110 cm³/mol. The van der Waals surface area contributed by atoms with Crippen LogP contribution in [0.5, 0.6) is 0 Å². The van der Waals surface area contributed by atoms with Crippen LogP contribution < -0.4 is 9.62 Å². The van der Waals surface area contributed by atoms with Crippen molar-refractivity contribution in [3.8, 4) is 0 Å². The third-order valence-corrected chi connectivity index (χ3v) is 5.87. The second-order valence-electron chi connectivity index (χ2n) is 5.68. The third-order valence-electron chi connectivity index (χ3n) is 3.73. The fraction of sp³-hybridized carbons (Fsp3) is 0.278. The van der Waals surface area contributed by atoms with E-state index in [0.29, 0.717) is 22.8 Å². The Morgan fingerprint density at radius 2 is 1.92 bits per heavy atom. The van der Waals surface area contributed by atoms with Crippen LogP contribution in [0.25, 0.3) is 0 Å². The lowest BCUT2D eigenvalue weighted by atomic mass is 10.2. The van der Waals surface area contributed by atoms with Crippen LogP contribution in [0, 0.1) is 0 Å². The zero-order valence-corrected chi connectivity index (χ0v) is 17.2. The number of rotatable bonds is 7. The summed E-state index contributed by atoms with van der Waals surface area (Å²) in [6.07, 6.45) is 3.34. The number of hydrogen-bond acceptors (Lipinski definition) is 4. The van der Waals surface area contributed by atoms with Gasteiger partial charge in [0.1, 0.15) is 6.04 Å². The summed E-state index contributed by atoms with van der Waals surface area (Å²) in [7, 11) is -3.69. The minimum Gasteiger partial charge on any atom is -0.324 e. The molecular weight excluding hydrogens is 392 g/mol. The smallest absolute Gasteiger partial charge is 0.248 e. The highest BCUT2D eigenvalue weighted by molar-refractivity contribution is 7.98. The molecule has 2 rings (SSSR count). The monoisotopic (exact) mass is 412 g/mol. The summed E-state index contributed by atoms with van der Waals surface area (Å²) in [6, 6.07) is 13.0. The zero-order chi connectivity index (χ0) is 19.3. The normalized spacial score (nSPS) is 12.5. The van der Waals surface area contributed by atoms with Gasteiger partial charge in [-0.25, -0.2) is 8.42 Å². The van der Waals surface area contributed by atoms with Crippen molar-refractivity contribution in [1.29, 1.82) is 0 Å². The maximum Gasteiger partial charge on any atom is 0.248 e.